The highest BCUT2D eigenvalue weighted by atomic mass is 32.1. The molecule has 5 heteroatoms. The molecule has 3 aromatic rings. The van der Waals surface area contributed by atoms with Crippen molar-refractivity contribution in [1.82, 2.24) is 9.97 Å². The molecule has 4 nitrogen and oxygen atoms in total. The number of benzene rings is 1. The first-order valence-electron chi connectivity index (χ1n) is 6.68. The van der Waals surface area contributed by atoms with Crippen LogP contribution in [-0.4, -0.2) is 17.1 Å². The minimum Gasteiger partial charge on any atom is -0.496 e. The number of nitrogens with zero attached hydrogens (tertiary/aromatic N) is 2. The Morgan fingerprint density at radius 1 is 1.19 bits per heavy atom. The second-order valence-corrected chi connectivity index (χ2v) is 5.71. The quantitative estimate of drug-likeness (QED) is 0.730. The van der Waals surface area contributed by atoms with Crippen molar-refractivity contribution in [3.63, 3.8) is 0 Å². The summed E-state index contributed by atoms with van der Waals surface area (Å²) in [6.45, 7) is 3.78. The van der Waals surface area contributed by atoms with Crippen LogP contribution in [0.2, 0.25) is 0 Å². The Balaban J connectivity index is 1.87. The monoisotopic (exact) mass is 300 g/mol. The number of ether oxygens (including phenoxy) is 1. The van der Waals surface area contributed by atoms with E-state index in [-0.39, 0.29) is 0 Å². The van der Waals surface area contributed by atoms with E-state index in [1.807, 2.05) is 37.4 Å². The standard InChI is InChI=1S/C16H16N2O2S/c1-10-16(20-11(2)17-10)13-9-21-15(18-13)8-12-6-4-5-7-14(12)19-3/h4-7,9H,8H2,1-3H3. The molecular formula is C16H16N2O2S. The van der Waals surface area contributed by atoms with Crippen LogP contribution in [0.25, 0.3) is 11.5 Å². The predicted molar refractivity (Wildman–Crippen MR) is 82.9 cm³/mol. The first-order chi connectivity index (χ1) is 10.2. The fraction of sp³-hybridized carbons (Fsp3) is 0.250. The SMILES string of the molecule is COc1ccccc1Cc1nc(-c2oc(C)nc2C)cs1. The third kappa shape index (κ3) is 2.83. The zero-order valence-electron chi connectivity index (χ0n) is 12.2. The van der Waals surface area contributed by atoms with Gasteiger partial charge >= 0.3 is 0 Å². The van der Waals surface area contributed by atoms with E-state index in [4.69, 9.17) is 9.15 Å². The molecule has 2 heterocycles. The van der Waals surface area contributed by atoms with Gasteiger partial charge in [-0.05, 0) is 13.0 Å². The number of aryl methyl sites for hydroxylation is 2. The molecule has 0 atom stereocenters. The van der Waals surface area contributed by atoms with E-state index >= 15 is 0 Å². The summed E-state index contributed by atoms with van der Waals surface area (Å²) < 4.78 is 11.0. The van der Waals surface area contributed by atoms with Crippen molar-refractivity contribution in [2.75, 3.05) is 7.11 Å². The van der Waals surface area contributed by atoms with Crippen molar-refractivity contribution in [3.8, 4) is 17.2 Å². The zero-order chi connectivity index (χ0) is 14.8. The molecule has 3 rings (SSSR count). The molecule has 0 spiro atoms. The fourth-order valence-corrected chi connectivity index (χ4v) is 3.07. The Morgan fingerprint density at radius 3 is 2.71 bits per heavy atom. The zero-order valence-corrected chi connectivity index (χ0v) is 13.0. The first kappa shape index (κ1) is 13.8. The van der Waals surface area contributed by atoms with Crippen molar-refractivity contribution >= 4 is 11.3 Å². The van der Waals surface area contributed by atoms with Crippen LogP contribution in [0.15, 0.2) is 34.1 Å². The van der Waals surface area contributed by atoms with Crippen molar-refractivity contribution in [1.29, 1.82) is 0 Å². The number of hydrogen-bond acceptors (Lipinski definition) is 5. The van der Waals surface area contributed by atoms with Gasteiger partial charge in [-0.1, -0.05) is 18.2 Å². The lowest BCUT2D eigenvalue weighted by Gasteiger charge is -2.05. The smallest absolute Gasteiger partial charge is 0.192 e. The fourth-order valence-electron chi connectivity index (χ4n) is 2.28. The maximum absolute atomic E-state index is 5.62. The summed E-state index contributed by atoms with van der Waals surface area (Å²) in [7, 11) is 1.69. The van der Waals surface area contributed by atoms with Crippen molar-refractivity contribution in [2.45, 2.75) is 20.3 Å². The molecule has 0 fully saturated rings. The molecule has 0 aliphatic rings. The molecule has 0 unspecified atom stereocenters. The number of methoxy groups -OCH3 is 1. The van der Waals surface area contributed by atoms with Gasteiger partial charge in [0.15, 0.2) is 11.7 Å². The van der Waals surface area contributed by atoms with E-state index in [0.29, 0.717) is 5.89 Å². The van der Waals surface area contributed by atoms with Gasteiger partial charge < -0.3 is 9.15 Å². The summed E-state index contributed by atoms with van der Waals surface area (Å²) in [5.41, 5.74) is 2.86. The van der Waals surface area contributed by atoms with Gasteiger partial charge in [0.05, 0.1) is 17.8 Å². The summed E-state index contributed by atoms with van der Waals surface area (Å²) in [5.74, 6) is 2.32. The van der Waals surface area contributed by atoms with Gasteiger partial charge in [0.25, 0.3) is 0 Å². The van der Waals surface area contributed by atoms with Gasteiger partial charge in [-0.3, -0.25) is 0 Å². The Hall–Kier alpha value is -2.14. The maximum Gasteiger partial charge on any atom is 0.192 e. The molecular weight excluding hydrogens is 284 g/mol. The van der Waals surface area contributed by atoms with Gasteiger partial charge in [-0.2, -0.15) is 0 Å². The average Bonchev–Trinajstić information content (AvgIpc) is 3.06. The number of hydrogen-bond donors (Lipinski definition) is 0. The normalized spacial score (nSPS) is 10.8. The van der Waals surface area contributed by atoms with E-state index in [2.05, 4.69) is 16.0 Å². The molecule has 2 aromatic heterocycles. The molecule has 0 amide bonds. The van der Waals surface area contributed by atoms with E-state index in [1.54, 1.807) is 18.4 Å². The molecule has 0 saturated carbocycles. The highest BCUT2D eigenvalue weighted by molar-refractivity contribution is 7.10. The average molecular weight is 300 g/mol. The molecule has 21 heavy (non-hydrogen) atoms. The van der Waals surface area contributed by atoms with Crippen LogP contribution in [-0.2, 0) is 6.42 Å². The Kier molecular flexibility index (Phi) is 3.75. The first-order valence-corrected chi connectivity index (χ1v) is 7.56. The van der Waals surface area contributed by atoms with E-state index < -0.39 is 0 Å². The highest BCUT2D eigenvalue weighted by Gasteiger charge is 2.14. The molecule has 0 aliphatic carbocycles. The third-order valence-corrected chi connectivity index (χ3v) is 4.07. The Bertz CT molecular complexity index is 761. The van der Waals surface area contributed by atoms with Gasteiger partial charge in [0.2, 0.25) is 0 Å². The predicted octanol–water partition coefficient (Wildman–Crippen LogP) is 4.01. The number of aromatic nitrogens is 2. The van der Waals surface area contributed by atoms with E-state index in [9.17, 15) is 0 Å². The summed E-state index contributed by atoms with van der Waals surface area (Å²) in [4.78, 5) is 8.94. The van der Waals surface area contributed by atoms with Crippen LogP contribution in [0.1, 0.15) is 22.2 Å². The van der Waals surface area contributed by atoms with Crippen LogP contribution in [0, 0.1) is 13.8 Å². The van der Waals surface area contributed by atoms with Crippen LogP contribution in [0.3, 0.4) is 0 Å². The van der Waals surface area contributed by atoms with E-state index in [1.165, 1.54) is 0 Å². The highest BCUT2D eigenvalue weighted by Crippen LogP contribution is 2.28. The summed E-state index contributed by atoms with van der Waals surface area (Å²) >= 11 is 1.62. The lowest BCUT2D eigenvalue weighted by molar-refractivity contribution is 0.410. The largest absolute Gasteiger partial charge is 0.496 e. The summed E-state index contributed by atoms with van der Waals surface area (Å²) in [5, 5.41) is 3.04. The maximum atomic E-state index is 5.62. The van der Waals surface area contributed by atoms with Gasteiger partial charge in [0.1, 0.15) is 11.4 Å². The molecule has 0 radical (unpaired) electrons. The summed E-state index contributed by atoms with van der Waals surface area (Å²) in [6, 6.07) is 8.00. The third-order valence-electron chi connectivity index (χ3n) is 3.22. The topological polar surface area (TPSA) is 48.2 Å². The number of para-hydroxylation sites is 1. The van der Waals surface area contributed by atoms with Gasteiger partial charge in [-0.15, -0.1) is 11.3 Å². The second-order valence-electron chi connectivity index (χ2n) is 4.76. The number of rotatable bonds is 4. The lowest BCUT2D eigenvalue weighted by Crippen LogP contribution is -1.93. The van der Waals surface area contributed by atoms with Crippen LogP contribution in [0.5, 0.6) is 5.75 Å². The van der Waals surface area contributed by atoms with Gasteiger partial charge in [-0.25, -0.2) is 9.97 Å². The molecule has 108 valence electrons. The Labute approximate surface area is 127 Å². The number of thiazole rings is 1. The second kappa shape index (κ2) is 5.69. The lowest BCUT2D eigenvalue weighted by atomic mass is 10.1. The number of oxazole rings is 1. The minimum atomic E-state index is 0.668. The van der Waals surface area contributed by atoms with Crippen molar-refractivity contribution < 1.29 is 9.15 Å². The van der Waals surface area contributed by atoms with Crippen LogP contribution < -0.4 is 4.74 Å². The van der Waals surface area contributed by atoms with Crippen molar-refractivity contribution in [3.05, 3.63) is 51.8 Å². The van der Waals surface area contributed by atoms with E-state index in [0.717, 1.165) is 39.9 Å². The molecule has 1 aromatic carbocycles. The molecule has 0 N–H and O–H groups in total. The molecule has 0 bridgehead atoms. The minimum absolute atomic E-state index is 0.668. The van der Waals surface area contributed by atoms with Crippen LogP contribution in [0.4, 0.5) is 0 Å². The van der Waals surface area contributed by atoms with Gasteiger partial charge in [0, 0.05) is 24.3 Å². The molecule has 0 aliphatic heterocycles. The van der Waals surface area contributed by atoms with Crippen LogP contribution >= 0.6 is 11.3 Å². The summed E-state index contributed by atoms with van der Waals surface area (Å²) in [6.07, 6.45) is 0.751. The van der Waals surface area contributed by atoms with Crippen molar-refractivity contribution in [2.24, 2.45) is 0 Å². The Morgan fingerprint density at radius 2 is 2.00 bits per heavy atom. The molecule has 0 saturated heterocycles.